The predicted octanol–water partition coefficient (Wildman–Crippen LogP) is 0.513. The van der Waals surface area contributed by atoms with Crippen molar-refractivity contribution >= 4 is 5.91 Å². The summed E-state index contributed by atoms with van der Waals surface area (Å²) in [5.74, 6) is 0.361. The fraction of sp³-hybridized carbons (Fsp3) is 0.462. The van der Waals surface area contributed by atoms with E-state index in [1.165, 1.54) is 6.20 Å². The van der Waals surface area contributed by atoms with E-state index >= 15 is 0 Å². The largest absolute Gasteiger partial charge is 0.366 e. The van der Waals surface area contributed by atoms with Gasteiger partial charge in [-0.15, -0.1) is 0 Å². The van der Waals surface area contributed by atoms with E-state index in [1.54, 1.807) is 15.6 Å². The van der Waals surface area contributed by atoms with Crippen molar-refractivity contribution in [3.05, 3.63) is 29.2 Å². The number of aromatic nitrogens is 4. The molecule has 20 heavy (non-hydrogen) atoms. The van der Waals surface area contributed by atoms with Gasteiger partial charge in [0.1, 0.15) is 0 Å². The van der Waals surface area contributed by atoms with Crippen LogP contribution in [0.25, 0.3) is 5.82 Å². The lowest BCUT2D eigenvalue weighted by Crippen LogP contribution is -2.16. The molecule has 7 nitrogen and oxygen atoms in total. The van der Waals surface area contributed by atoms with Gasteiger partial charge in [-0.25, -0.2) is 4.68 Å². The van der Waals surface area contributed by atoms with E-state index in [0.717, 1.165) is 30.0 Å². The highest BCUT2D eigenvalue weighted by Gasteiger charge is 2.16. The minimum atomic E-state index is -0.485. The molecule has 0 unspecified atom stereocenters. The normalized spacial score (nSPS) is 10.9. The Hall–Kier alpha value is -2.15. The van der Waals surface area contributed by atoms with Gasteiger partial charge in [0.15, 0.2) is 5.82 Å². The van der Waals surface area contributed by atoms with Crippen molar-refractivity contribution in [2.24, 2.45) is 12.8 Å². The predicted molar refractivity (Wildman–Crippen MR) is 75.6 cm³/mol. The van der Waals surface area contributed by atoms with Crippen LogP contribution in [-0.2, 0) is 13.6 Å². The molecule has 0 saturated carbocycles. The Bertz CT molecular complexity index is 612. The Kier molecular flexibility index (Phi) is 4.19. The molecule has 2 aromatic heterocycles. The molecule has 108 valence electrons. The highest BCUT2D eigenvalue weighted by atomic mass is 16.1. The number of carbonyl (C=O) groups excluding carboxylic acids is 1. The molecule has 0 aliphatic heterocycles. The van der Waals surface area contributed by atoms with Gasteiger partial charge < -0.3 is 11.1 Å². The van der Waals surface area contributed by atoms with Gasteiger partial charge in [0.25, 0.3) is 5.91 Å². The lowest BCUT2D eigenvalue weighted by atomic mass is 10.2. The summed E-state index contributed by atoms with van der Waals surface area (Å²) < 4.78 is 3.40. The molecule has 7 heteroatoms. The number of rotatable bonds is 6. The molecule has 0 bridgehead atoms. The first-order valence-corrected chi connectivity index (χ1v) is 6.62. The van der Waals surface area contributed by atoms with Crippen LogP contribution in [0.4, 0.5) is 0 Å². The number of hydrogen-bond donors (Lipinski definition) is 2. The molecule has 2 aromatic rings. The van der Waals surface area contributed by atoms with Crippen molar-refractivity contribution in [2.75, 3.05) is 6.54 Å². The molecule has 1 amide bonds. The van der Waals surface area contributed by atoms with E-state index in [1.807, 2.05) is 14.0 Å². The van der Waals surface area contributed by atoms with Crippen molar-refractivity contribution < 1.29 is 4.79 Å². The summed E-state index contributed by atoms with van der Waals surface area (Å²) in [6.07, 6.45) is 4.16. The summed E-state index contributed by atoms with van der Waals surface area (Å²) in [5.41, 5.74) is 7.66. The van der Waals surface area contributed by atoms with Crippen LogP contribution in [-0.4, -0.2) is 32.0 Å². The molecule has 2 heterocycles. The second-order valence-electron chi connectivity index (χ2n) is 4.73. The van der Waals surface area contributed by atoms with Gasteiger partial charge in [0.2, 0.25) is 0 Å². The fourth-order valence-corrected chi connectivity index (χ4v) is 2.14. The second kappa shape index (κ2) is 5.87. The standard InChI is InChI=1S/C13H20N6O/c1-4-5-15-7-11-9(2)17-18(3)13(11)19-8-10(6-16-19)12(14)20/h6,8,15H,4-5,7H2,1-3H3,(H2,14,20). The van der Waals surface area contributed by atoms with E-state index in [4.69, 9.17) is 5.73 Å². The molecule has 0 spiro atoms. The first kappa shape index (κ1) is 14.3. The summed E-state index contributed by atoms with van der Waals surface area (Å²) in [4.78, 5) is 11.2. The van der Waals surface area contributed by atoms with E-state index in [9.17, 15) is 4.79 Å². The zero-order valence-electron chi connectivity index (χ0n) is 12.1. The number of aryl methyl sites for hydroxylation is 2. The van der Waals surface area contributed by atoms with Crippen LogP contribution < -0.4 is 11.1 Å². The lowest BCUT2D eigenvalue weighted by molar-refractivity contribution is 0.100. The maximum absolute atomic E-state index is 11.2. The van der Waals surface area contributed by atoms with E-state index in [-0.39, 0.29) is 0 Å². The van der Waals surface area contributed by atoms with Crippen LogP contribution in [0.2, 0.25) is 0 Å². The minimum absolute atomic E-state index is 0.385. The first-order valence-electron chi connectivity index (χ1n) is 6.62. The van der Waals surface area contributed by atoms with Gasteiger partial charge in [-0.1, -0.05) is 6.92 Å². The van der Waals surface area contributed by atoms with Gasteiger partial charge in [-0.05, 0) is 19.9 Å². The summed E-state index contributed by atoms with van der Waals surface area (Å²) in [6, 6.07) is 0. The van der Waals surface area contributed by atoms with Crippen LogP contribution in [0.15, 0.2) is 12.4 Å². The highest BCUT2D eigenvalue weighted by molar-refractivity contribution is 5.92. The molecule has 0 aromatic carbocycles. The number of nitrogens with zero attached hydrogens (tertiary/aromatic N) is 4. The highest BCUT2D eigenvalue weighted by Crippen LogP contribution is 2.17. The Morgan fingerprint density at radius 1 is 1.50 bits per heavy atom. The quantitative estimate of drug-likeness (QED) is 0.752. The third kappa shape index (κ3) is 2.72. The van der Waals surface area contributed by atoms with Crippen LogP contribution in [0.3, 0.4) is 0 Å². The number of nitrogens with one attached hydrogen (secondary N) is 1. The maximum atomic E-state index is 11.2. The zero-order chi connectivity index (χ0) is 14.7. The molecular formula is C13H20N6O. The molecule has 0 fully saturated rings. The topological polar surface area (TPSA) is 90.8 Å². The third-order valence-corrected chi connectivity index (χ3v) is 3.13. The average Bonchev–Trinajstić information content (AvgIpc) is 2.95. The summed E-state index contributed by atoms with van der Waals surface area (Å²) in [6.45, 7) is 5.75. The molecule has 0 radical (unpaired) electrons. The smallest absolute Gasteiger partial charge is 0.251 e. The molecule has 0 atom stereocenters. The zero-order valence-corrected chi connectivity index (χ0v) is 12.1. The van der Waals surface area contributed by atoms with Crippen molar-refractivity contribution in [3.63, 3.8) is 0 Å². The first-order chi connectivity index (χ1) is 9.54. The van der Waals surface area contributed by atoms with E-state index in [2.05, 4.69) is 22.4 Å². The number of amides is 1. The minimum Gasteiger partial charge on any atom is -0.366 e. The molecular weight excluding hydrogens is 256 g/mol. The third-order valence-electron chi connectivity index (χ3n) is 3.13. The average molecular weight is 276 g/mol. The van der Waals surface area contributed by atoms with Crippen LogP contribution in [0, 0.1) is 6.92 Å². The SMILES string of the molecule is CCCNCc1c(C)nn(C)c1-n1cc(C(N)=O)cn1. The number of hydrogen-bond acceptors (Lipinski definition) is 4. The molecule has 0 saturated heterocycles. The van der Waals surface area contributed by atoms with E-state index in [0.29, 0.717) is 12.1 Å². The molecule has 0 aliphatic carbocycles. The van der Waals surface area contributed by atoms with Gasteiger partial charge in [-0.2, -0.15) is 10.2 Å². The lowest BCUT2D eigenvalue weighted by Gasteiger charge is -2.07. The van der Waals surface area contributed by atoms with E-state index < -0.39 is 5.91 Å². The van der Waals surface area contributed by atoms with Gasteiger partial charge in [0.05, 0.1) is 17.5 Å². The van der Waals surface area contributed by atoms with Crippen LogP contribution in [0.1, 0.15) is 35.0 Å². The van der Waals surface area contributed by atoms with Crippen molar-refractivity contribution in [2.45, 2.75) is 26.8 Å². The summed E-state index contributed by atoms with van der Waals surface area (Å²) in [5, 5.41) is 12.0. The Balaban J connectivity index is 2.36. The Labute approximate surface area is 117 Å². The number of nitrogens with two attached hydrogens (primary N) is 1. The van der Waals surface area contributed by atoms with Gasteiger partial charge in [-0.3, -0.25) is 9.48 Å². The van der Waals surface area contributed by atoms with Gasteiger partial charge in [0, 0.05) is 25.4 Å². The number of primary amides is 1. The van der Waals surface area contributed by atoms with Crippen molar-refractivity contribution in [1.82, 2.24) is 24.9 Å². The fourth-order valence-electron chi connectivity index (χ4n) is 2.14. The Morgan fingerprint density at radius 3 is 2.85 bits per heavy atom. The van der Waals surface area contributed by atoms with Crippen molar-refractivity contribution in [1.29, 1.82) is 0 Å². The van der Waals surface area contributed by atoms with Crippen molar-refractivity contribution in [3.8, 4) is 5.82 Å². The molecule has 2 rings (SSSR count). The van der Waals surface area contributed by atoms with Crippen LogP contribution in [0.5, 0.6) is 0 Å². The van der Waals surface area contributed by atoms with Gasteiger partial charge >= 0.3 is 0 Å². The second-order valence-corrected chi connectivity index (χ2v) is 4.73. The summed E-state index contributed by atoms with van der Waals surface area (Å²) in [7, 11) is 1.86. The monoisotopic (exact) mass is 276 g/mol. The molecule has 0 aliphatic rings. The Morgan fingerprint density at radius 2 is 2.25 bits per heavy atom. The molecule has 3 N–H and O–H groups in total. The van der Waals surface area contributed by atoms with Crippen LogP contribution >= 0.6 is 0 Å². The maximum Gasteiger partial charge on any atom is 0.251 e. The summed E-state index contributed by atoms with van der Waals surface area (Å²) >= 11 is 0. The number of carbonyl (C=O) groups is 1.